The predicted molar refractivity (Wildman–Crippen MR) is 118 cm³/mol. The zero-order valence-corrected chi connectivity index (χ0v) is 17.5. The van der Waals surface area contributed by atoms with Gasteiger partial charge < -0.3 is 19.3 Å². The highest BCUT2D eigenvalue weighted by Gasteiger charge is 2.26. The number of benzene rings is 3. The van der Waals surface area contributed by atoms with Crippen LogP contribution in [0.25, 0.3) is 0 Å². The van der Waals surface area contributed by atoms with Crippen LogP contribution in [0, 0.1) is 0 Å². The van der Waals surface area contributed by atoms with Crippen molar-refractivity contribution < 1.29 is 24.1 Å². The third kappa shape index (κ3) is 4.89. The zero-order valence-electron chi connectivity index (χ0n) is 17.5. The number of aliphatic carboxylic acids is 1. The van der Waals surface area contributed by atoms with E-state index in [2.05, 4.69) is 12.1 Å². The standard InChI is InChI=1S/C26H26O5/c1-2-29-25(26(27)28)17-18-11-13-19(14-12-18)30-16-15-20-21-7-3-5-9-23(21)31-24-10-6-4-8-22(20)24/h3-14,20,25H,2,15-17H2,1H3,(H,27,28). The Bertz CT molecular complexity index is 982. The van der Waals surface area contributed by atoms with E-state index >= 15 is 0 Å². The van der Waals surface area contributed by atoms with Gasteiger partial charge in [-0.15, -0.1) is 0 Å². The summed E-state index contributed by atoms with van der Waals surface area (Å²) >= 11 is 0. The van der Waals surface area contributed by atoms with E-state index in [9.17, 15) is 9.90 Å². The molecule has 31 heavy (non-hydrogen) atoms. The maximum Gasteiger partial charge on any atom is 0.333 e. The fourth-order valence-corrected chi connectivity index (χ4v) is 3.97. The van der Waals surface area contributed by atoms with Gasteiger partial charge in [0, 0.05) is 30.1 Å². The molecule has 3 aromatic carbocycles. The number of hydrogen-bond donors (Lipinski definition) is 1. The summed E-state index contributed by atoms with van der Waals surface area (Å²) in [6, 6.07) is 23.8. The van der Waals surface area contributed by atoms with Crippen LogP contribution in [-0.2, 0) is 16.0 Å². The zero-order chi connectivity index (χ0) is 21.6. The molecule has 0 amide bonds. The van der Waals surface area contributed by atoms with Gasteiger partial charge in [0.2, 0.25) is 0 Å². The Morgan fingerprint density at radius 2 is 1.58 bits per heavy atom. The van der Waals surface area contributed by atoms with Gasteiger partial charge in [-0.25, -0.2) is 4.79 Å². The summed E-state index contributed by atoms with van der Waals surface area (Å²) in [5.41, 5.74) is 3.26. The molecule has 1 unspecified atom stereocenters. The van der Waals surface area contributed by atoms with Crippen molar-refractivity contribution in [1.82, 2.24) is 0 Å². The maximum absolute atomic E-state index is 11.3. The first-order valence-electron chi connectivity index (χ1n) is 10.6. The second-order valence-electron chi connectivity index (χ2n) is 7.50. The lowest BCUT2D eigenvalue weighted by molar-refractivity contribution is -0.149. The van der Waals surface area contributed by atoms with Crippen LogP contribution in [0.5, 0.6) is 17.2 Å². The highest BCUT2D eigenvalue weighted by molar-refractivity contribution is 5.72. The number of hydrogen-bond acceptors (Lipinski definition) is 4. The average molecular weight is 418 g/mol. The molecule has 1 aliphatic heterocycles. The Morgan fingerprint density at radius 1 is 0.968 bits per heavy atom. The van der Waals surface area contributed by atoms with Gasteiger partial charge in [-0.2, -0.15) is 0 Å². The highest BCUT2D eigenvalue weighted by Crippen LogP contribution is 2.45. The van der Waals surface area contributed by atoms with Gasteiger partial charge in [-0.05, 0) is 43.2 Å². The number of carboxylic acids is 1. The summed E-state index contributed by atoms with van der Waals surface area (Å²) in [6.07, 6.45) is 0.328. The molecule has 5 heteroatoms. The van der Waals surface area contributed by atoms with Gasteiger partial charge >= 0.3 is 5.97 Å². The number of ether oxygens (including phenoxy) is 3. The van der Waals surface area contributed by atoms with Crippen LogP contribution < -0.4 is 9.47 Å². The van der Waals surface area contributed by atoms with E-state index in [4.69, 9.17) is 14.2 Å². The molecule has 0 aliphatic carbocycles. The summed E-state index contributed by atoms with van der Waals surface area (Å²) in [6.45, 7) is 2.72. The van der Waals surface area contributed by atoms with Crippen LogP contribution in [0.4, 0.5) is 0 Å². The third-order valence-corrected chi connectivity index (χ3v) is 5.47. The Kier molecular flexibility index (Phi) is 6.53. The number of carboxylic acid groups (broad SMARTS) is 1. The minimum Gasteiger partial charge on any atom is -0.494 e. The molecule has 3 aromatic rings. The van der Waals surface area contributed by atoms with Crippen molar-refractivity contribution in [1.29, 1.82) is 0 Å². The first kappa shape index (κ1) is 20.9. The second kappa shape index (κ2) is 9.67. The molecule has 1 N–H and O–H groups in total. The molecule has 1 atom stereocenters. The van der Waals surface area contributed by atoms with Gasteiger partial charge in [0.25, 0.3) is 0 Å². The Labute approximate surface area is 182 Å². The predicted octanol–water partition coefficient (Wildman–Crippen LogP) is 5.43. The Balaban J connectivity index is 1.39. The molecule has 0 spiro atoms. The minimum absolute atomic E-state index is 0.211. The molecule has 160 valence electrons. The van der Waals surface area contributed by atoms with Crippen LogP contribution in [-0.4, -0.2) is 30.4 Å². The summed E-state index contributed by atoms with van der Waals surface area (Å²) in [5.74, 6) is 1.83. The van der Waals surface area contributed by atoms with Crippen LogP contribution in [0.2, 0.25) is 0 Å². The summed E-state index contributed by atoms with van der Waals surface area (Å²) in [5, 5.41) is 9.24. The largest absolute Gasteiger partial charge is 0.494 e. The van der Waals surface area contributed by atoms with Crippen molar-refractivity contribution in [2.75, 3.05) is 13.2 Å². The first-order valence-corrected chi connectivity index (χ1v) is 10.6. The lowest BCUT2D eigenvalue weighted by Gasteiger charge is -2.28. The van der Waals surface area contributed by atoms with Crippen molar-refractivity contribution in [3.8, 4) is 17.2 Å². The molecule has 0 bridgehead atoms. The van der Waals surface area contributed by atoms with Gasteiger partial charge in [-0.3, -0.25) is 0 Å². The van der Waals surface area contributed by atoms with Crippen LogP contribution in [0.3, 0.4) is 0 Å². The topological polar surface area (TPSA) is 65.0 Å². The SMILES string of the molecule is CCOC(Cc1ccc(OCCC2c3ccccc3Oc3ccccc32)cc1)C(=O)O. The summed E-state index contributed by atoms with van der Waals surface area (Å²) in [4.78, 5) is 11.3. The van der Waals surface area contributed by atoms with E-state index in [1.807, 2.05) is 60.7 Å². The van der Waals surface area contributed by atoms with Gasteiger partial charge in [0.1, 0.15) is 17.2 Å². The molecular formula is C26H26O5. The maximum atomic E-state index is 11.3. The van der Waals surface area contributed by atoms with Crippen molar-refractivity contribution in [2.45, 2.75) is 31.8 Å². The third-order valence-electron chi connectivity index (χ3n) is 5.47. The summed E-state index contributed by atoms with van der Waals surface area (Å²) < 4.78 is 17.3. The number of rotatable bonds is 9. The van der Waals surface area contributed by atoms with E-state index in [-0.39, 0.29) is 5.92 Å². The Morgan fingerprint density at radius 3 is 2.16 bits per heavy atom. The fraction of sp³-hybridized carbons (Fsp3) is 0.269. The quantitative estimate of drug-likeness (QED) is 0.502. The van der Waals surface area contributed by atoms with Gasteiger partial charge in [0.05, 0.1) is 6.61 Å². The molecule has 0 aromatic heterocycles. The lowest BCUT2D eigenvalue weighted by atomic mass is 9.86. The number of para-hydroxylation sites is 2. The van der Waals surface area contributed by atoms with Gasteiger partial charge in [-0.1, -0.05) is 48.5 Å². The van der Waals surface area contributed by atoms with Crippen molar-refractivity contribution >= 4 is 5.97 Å². The molecular weight excluding hydrogens is 392 g/mol. The fourth-order valence-electron chi connectivity index (χ4n) is 3.97. The highest BCUT2D eigenvalue weighted by atomic mass is 16.5. The molecule has 0 radical (unpaired) electrons. The monoisotopic (exact) mass is 418 g/mol. The average Bonchev–Trinajstić information content (AvgIpc) is 2.79. The van der Waals surface area contributed by atoms with Crippen molar-refractivity contribution in [3.63, 3.8) is 0 Å². The Hall–Kier alpha value is -3.31. The second-order valence-corrected chi connectivity index (χ2v) is 7.50. The van der Waals surface area contributed by atoms with Crippen LogP contribution in [0.1, 0.15) is 36.0 Å². The van der Waals surface area contributed by atoms with E-state index < -0.39 is 12.1 Å². The van der Waals surface area contributed by atoms with Gasteiger partial charge in [0.15, 0.2) is 6.10 Å². The molecule has 1 aliphatic rings. The lowest BCUT2D eigenvalue weighted by Crippen LogP contribution is -2.26. The molecule has 0 saturated carbocycles. The van der Waals surface area contributed by atoms with E-state index in [1.54, 1.807) is 6.92 Å². The van der Waals surface area contributed by atoms with Crippen molar-refractivity contribution in [3.05, 3.63) is 89.5 Å². The number of carbonyl (C=O) groups is 1. The number of fused-ring (bicyclic) bond motifs is 2. The van der Waals surface area contributed by atoms with E-state index in [0.717, 1.165) is 29.2 Å². The molecule has 4 rings (SSSR count). The van der Waals surface area contributed by atoms with E-state index in [1.165, 1.54) is 11.1 Å². The molecule has 0 saturated heterocycles. The minimum atomic E-state index is -0.945. The van der Waals surface area contributed by atoms with E-state index in [0.29, 0.717) is 19.6 Å². The normalized spacial score (nSPS) is 13.6. The molecule has 5 nitrogen and oxygen atoms in total. The van der Waals surface area contributed by atoms with Crippen LogP contribution >= 0.6 is 0 Å². The molecule has 0 fully saturated rings. The van der Waals surface area contributed by atoms with Crippen molar-refractivity contribution in [2.24, 2.45) is 0 Å². The first-order chi connectivity index (χ1) is 15.2. The van der Waals surface area contributed by atoms with Crippen LogP contribution in [0.15, 0.2) is 72.8 Å². The molecule has 1 heterocycles. The summed E-state index contributed by atoms with van der Waals surface area (Å²) in [7, 11) is 0. The smallest absolute Gasteiger partial charge is 0.333 e.